The number of likely N-dealkylation sites (N-methyl/N-ethyl adjacent to an activating group) is 1. The molecule has 0 fully saturated rings. The summed E-state index contributed by atoms with van der Waals surface area (Å²) in [7, 11) is 1.58. The third kappa shape index (κ3) is 3.30. The molecule has 2 rings (SSSR count). The molecule has 0 saturated heterocycles. The maximum atomic E-state index is 12.4. The molecule has 2 aromatic heterocycles. The normalized spacial score (nSPS) is 10.9. The quantitative estimate of drug-likeness (QED) is 0.895. The van der Waals surface area contributed by atoms with Crippen molar-refractivity contribution in [1.82, 2.24) is 15.2 Å². The topological polar surface area (TPSA) is 88.3 Å². The Morgan fingerprint density at radius 1 is 1.48 bits per heavy atom. The Morgan fingerprint density at radius 3 is 2.81 bits per heavy atom. The van der Waals surface area contributed by atoms with E-state index in [9.17, 15) is 9.59 Å². The van der Waals surface area contributed by atoms with Crippen LogP contribution < -0.4 is 11.1 Å². The second-order valence-corrected chi connectivity index (χ2v) is 6.08. The number of nitrogen functional groups attached to an aromatic ring is 1. The van der Waals surface area contributed by atoms with Gasteiger partial charge in [0.2, 0.25) is 5.91 Å². The minimum absolute atomic E-state index is 0.00186. The minimum atomic E-state index is -0.269. The summed E-state index contributed by atoms with van der Waals surface area (Å²) in [6, 6.07) is 3.65. The molecule has 0 atom stereocenters. The third-order valence-electron chi connectivity index (χ3n) is 2.88. The number of carbonyl (C=O) groups excluding carboxylic acids is 2. The number of anilines is 1. The van der Waals surface area contributed by atoms with E-state index >= 15 is 0 Å². The van der Waals surface area contributed by atoms with Gasteiger partial charge in [0, 0.05) is 24.7 Å². The van der Waals surface area contributed by atoms with Crippen LogP contribution in [0, 0.1) is 0 Å². The summed E-state index contributed by atoms with van der Waals surface area (Å²) in [5.74, 6) is -0.465. The standard InChI is InChI=1S/C14H18N4O2S/c1-8(2)17-10(19)7-18(3)14(20)12-11(15)9-5-4-6-16-13(9)21-12/h4-6,8H,7,15H2,1-3H3,(H,17,19). The molecule has 0 aliphatic rings. The van der Waals surface area contributed by atoms with Crippen LogP contribution in [0.2, 0.25) is 0 Å². The highest BCUT2D eigenvalue weighted by Crippen LogP contribution is 2.32. The predicted molar refractivity (Wildman–Crippen MR) is 84.3 cm³/mol. The Balaban J connectivity index is 2.18. The molecule has 6 nitrogen and oxygen atoms in total. The number of rotatable bonds is 4. The Kier molecular flexibility index (Phi) is 4.42. The van der Waals surface area contributed by atoms with E-state index in [0.29, 0.717) is 10.6 Å². The molecule has 0 spiro atoms. The van der Waals surface area contributed by atoms with Gasteiger partial charge in [0.25, 0.3) is 5.91 Å². The van der Waals surface area contributed by atoms with E-state index < -0.39 is 0 Å². The molecule has 21 heavy (non-hydrogen) atoms. The number of hydrogen-bond donors (Lipinski definition) is 2. The van der Waals surface area contributed by atoms with Gasteiger partial charge in [-0.25, -0.2) is 4.98 Å². The van der Waals surface area contributed by atoms with Crippen molar-refractivity contribution in [3.8, 4) is 0 Å². The van der Waals surface area contributed by atoms with Crippen molar-refractivity contribution in [2.24, 2.45) is 0 Å². The van der Waals surface area contributed by atoms with Crippen LogP contribution >= 0.6 is 11.3 Å². The van der Waals surface area contributed by atoms with Crippen LogP contribution in [0.1, 0.15) is 23.5 Å². The van der Waals surface area contributed by atoms with Crippen molar-refractivity contribution < 1.29 is 9.59 Å². The maximum Gasteiger partial charge on any atom is 0.266 e. The van der Waals surface area contributed by atoms with Crippen molar-refractivity contribution in [1.29, 1.82) is 0 Å². The number of nitrogens with two attached hydrogens (primary N) is 1. The summed E-state index contributed by atoms with van der Waals surface area (Å²) in [6.45, 7) is 3.74. The largest absolute Gasteiger partial charge is 0.397 e. The van der Waals surface area contributed by atoms with E-state index in [4.69, 9.17) is 5.73 Å². The van der Waals surface area contributed by atoms with Gasteiger partial charge < -0.3 is 16.0 Å². The molecule has 2 amide bonds. The minimum Gasteiger partial charge on any atom is -0.397 e. The van der Waals surface area contributed by atoms with E-state index in [-0.39, 0.29) is 24.4 Å². The van der Waals surface area contributed by atoms with Gasteiger partial charge in [-0.15, -0.1) is 11.3 Å². The summed E-state index contributed by atoms with van der Waals surface area (Å²) in [4.78, 5) is 30.8. The zero-order chi connectivity index (χ0) is 15.6. The van der Waals surface area contributed by atoms with Crippen molar-refractivity contribution in [2.75, 3.05) is 19.3 Å². The average molecular weight is 306 g/mol. The molecular weight excluding hydrogens is 288 g/mol. The number of carbonyl (C=O) groups is 2. The van der Waals surface area contributed by atoms with E-state index in [1.807, 2.05) is 19.9 Å². The predicted octanol–water partition coefficient (Wildman–Crippen LogP) is 1.48. The molecule has 0 aliphatic heterocycles. The maximum absolute atomic E-state index is 12.4. The SMILES string of the molecule is CC(C)NC(=O)CN(C)C(=O)c1sc2ncccc2c1N. The highest BCUT2D eigenvalue weighted by atomic mass is 32.1. The molecule has 2 heterocycles. The molecule has 0 bridgehead atoms. The van der Waals surface area contributed by atoms with Gasteiger partial charge >= 0.3 is 0 Å². The van der Waals surface area contributed by atoms with Crippen LogP contribution in [0.25, 0.3) is 10.2 Å². The number of fused-ring (bicyclic) bond motifs is 1. The molecule has 7 heteroatoms. The third-order valence-corrected chi connectivity index (χ3v) is 3.99. The first-order valence-electron chi connectivity index (χ1n) is 6.58. The van der Waals surface area contributed by atoms with Gasteiger partial charge in [0.1, 0.15) is 9.71 Å². The zero-order valence-electron chi connectivity index (χ0n) is 12.2. The first-order chi connectivity index (χ1) is 9.90. The number of thiophene rings is 1. The van der Waals surface area contributed by atoms with Gasteiger partial charge in [-0.05, 0) is 26.0 Å². The van der Waals surface area contributed by atoms with Gasteiger partial charge in [-0.3, -0.25) is 9.59 Å². The average Bonchev–Trinajstić information content (AvgIpc) is 2.74. The molecule has 3 N–H and O–H groups in total. The van der Waals surface area contributed by atoms with Gasteiger partial charge in [0.05, 0.1) is 12.2 Å². The molecule has 0 saturated carbocycles. The van der Waals surface area contributed by atoms with Crippen molar-refractivity contribution in [2.45, 2.75) is 19.9 Å². The fraction of sp³-hybridized carbons (Fsp3) is 0.357. The van der Waals surface area contributed by atoms with Crippen molar-refractivity contribution in [3.63, 3.8) is 0 Å². The lowest BCUT2D eigenvalue weighted by molar-refractivity contribution is -0.122. The van der Waals surface area contributed by atoms with Gasteiger partial charge in [-0.2, -0.15) is 0 Å². The number of nitrogens with zero attached hydrogens (tertiary/aromatic N) is 2. The number of aromatic nitrogens is 1. The fourth-order valence-electron chi connectivity index (χ4n) is 1.94. The second kappa shape index (κ2) is 6.09. The van der Waals surface area contributed by atoms with Gasteiger partial charge in [-0.1, -0.05) is 0 Å². The molecule has 0 radical (unpaired) electrons. The summed E-state index contributed by atoms with van der Waals surface area (Å²) >= 11 is 1.24. The lowest BCUT2D eigenvalue weighted by Gasteiger charge is -2.17. The van der Waals surface area contributed by atoms with Crippen LogP contribution in [-0.4, -0.2) is 41.3 Å². The zero-order valence-corrected chi connectivity index (χ0v) is 13.0. The van der Waals surface area contributed by atoms with E-state index in [0.717, 1.165) is 10.2 Å². The molecular formula is C14H18N4O2S. The molecule has 0 aliphatic carbocycles. The highest BCUT2D eigenvalue weighted by Gasteiger charge is 2.21. The van der Waals surface area contributed by atoms with Crippen LogP contribution in [0.4, 0.5) is 5.69 Å². The van der Waals surface area contributed by atoms with Gasteiger partial charge in [0.15, 0.2) is 0 Å². The Hall–Kier alpha value is -2.15. The number of amides is 2. The first kappa shape index (κ1) is 15.2. The molecule has 112 valence electrons. The summed E-state index contributed by atoms with van der Waals surface area (Å²) in [6.07, 6.45) is 1.66. The Labute approximate surface area is 127 Å². The smallest absolute Gasteiger partial charge is 0.266 e. The lowest BCUT2D eigenvalue weighted by Crippen LogP contribution is -2.40. The Morgan fingerprint density at radius 2 is 2.19 bits per heavy atom. The van der Waals surface area contributed by atoms with Crippen LogP contribution in [0.3, 0.4) is 0 Å². The molecule has 2 aromatic rings. The van der Waals surface area contributed by atoms with E-state index in [1.165, 1.54) is 16.2 Å². The number of hydrogen-bond acceptors (Lipinski definition) is 5. The fourth-order valence-corrected chi connectivity index (χ4v) is 3.00. The number of pyridine rings is 1. The van der Waals surface area contributed by atoms with Crippen LogP contribution in [-0.2, 0) is 4.79 Å². The van der Waals surface area contributed by atoms with Crippen molar-refractivity contribution in [3.05, 3.63) is 23.2 Å². The van der Waals surface area contributed by atoms with E-state index in [1.54, 1.807) is 19.3 Å². The van der Waals surface area contributed by atoms with Crippen LogP contribution in [0.15, 0.2) is 18.3 Å². The molecule has 0 aromatic carbocycles. The monoisotopic (exact) mass is 306 g/mol. The van der Waals surface area contributed by atoms with Crippen LogP contribution in [0.5, 0.6) is 0 Å². The first-order valence-corrected chi connectivity index (χ1v) is 7.39. The highest BCUT2D eigenvalue weighted by molar-refractivity contribution is 7.21. The summed E-state index contributed by atoms with van der Waals surface area (Å²) in [5, 5.41) is 3.52. The summed E-state index contributed by atoms with van der Waals surface area (Å²) < 4.78 is 0. The number of nitrogens with one attached hydrogen (secondary N) is 1. The molecule has 0 unspecified atom stereocenters. The second-order valence-electron chi connectivity index (χ2n) is 5.08. The summed E-state index contributed by atoms with van der Waals surface area (Å²) in [5.41, 5.74) is 6.43. The lowest BCUT2D eigenvalue weighted by atomic mass is 10.2. The van der Waals surface area contributed by atoms with E-state index in [2.05, 4.69) is 10.3 Å². The Bertz CT molecular complexity index is 681. The van der Waals surface area contributed by atoms with Crippen molar-refractivity contribution >= 4 is 39.1 Å².